The van der Waals surface area contributed by atoms with Gasteiger partial charge in [-0.05, 0) is 24.1 Å². The number of carbonyl (C=O) groups excluding carboxylic acids is 1. The van der Waals surface area contributed by atoms with Crippen LogP contribution in [0.5, 0.6) is 0 Å². The van der Waals surface area contributed by atoms with Crippen LogP contribution in [-0.4, -0.2) is 17.4 Å². The number of hydrogen-bond donors (Lipinski definition) is 1. The molecule has 0 aliphatic rings. The van der Waals surface area contributed by atoms with Crippen LogP contribution in [0, 0.1) is 11.3 Å². The Morgan fingerprint density at radius 1 is 1.60 bits per heavy atom. The molecule has 0 spiro atoms. The predicted molar refractivity (Wildman–Crippen MR) is 52.9 cm³/mol. The molecule has 0 fully saturated rings. The lowest BCUT2D eigenvalue weighted by Gasteiger charge is -2.07. The largest absolute Gasteiger partial charge is 0.478 e. The second-order valence-corrected chi connectivity index (χ2v) is 2.94. The molecule has 1 N–H and O–H groups in total. The van der Waals surface area contributed by atoms with Crippen molar-refractivity contribution in [3.63, 3.8) is 0 Å². The zero-order valence-electron chi connectivity index (χ0n) is 8.15. The molecule has 76 valence electrons. The molecule has 0 saturated carbocycles. The van der Waals surface area contributed by atoms with Gasteiger partial charge >= 0.3 is 5.97 Å². The fraction of sp³-hybridized carbons (Fsp3) is 0.182. The number of hydrogen-bond acceptors (Lipinski definition) is 3. The van der Waals surface area contributed by atoms with Crippen molar-refractivity contribution >= 4 is 12.3 Å². The van der Waals surface area contributed by atoms with Gasteiger partial charge in [0.05, 0.1) is 17.2 Å². The topological polar surface area (TPSA) is 78.2 Å². The van der Waals surface area contributed by atoms with Crippen LogP contribution in [0.2, 0.25) is 0 Å². The summed E-state index contributed by atoms with van der Waals surface area (Å²) in [6.45, 7) is 1.77. The molecular formula is C11H9NO3. The monoisotopic (exact) mass is 203 g/mol. The van der Waals surface area contributed by atoms with Crippen molar-refractivity contribution in [1.82, 2.24) is 0 Å². The van der Waals surface area contributed by atoms with Gasteiger partial charge in [0.2, 0.25) is 0 Å². The van der Waals surface area contributed by atoms with E-state index < -0.39 is 5.97 Å². The standard InChI is InChI=1S/C11H9NO3/c1-2-8-7(5-12)3-4-9(11(14)15)10(8)6-13/h3-4,6H,2H2,1H3,(H,14,15). The van der Waals surface area contributed by atoms with Gasteiger partial charge in [0.15, 0.2) is 6.29 Å². The van der Waals surface area contributed by atoms with E-state index in [1.165, 1.54) is 12.1 Å². The van der Waals surface area contributed by atoms with E-state index in [1.807, 2.05) is 6.07 Å². The minimum Gasteiger partial charge on any atom is -0.478 e. The number of benzene rings is 1. The number of carbonyl (C=O) groups is 2. The van der Waals surface area contributed by atoms with Gasteiger partial charge in [0.1, 0.15) is 0 Å². The quantitative estimate of drug-likeness (QED) is 0.757. The minimum absolute atomic E-state index is 0.0548. The number of carboxylic acids is 1. The van der Waals surface area contributed by atoms with Crippen molar-refractivity contribution in [2.75, 3.05) is 0 Å². The summed E-state index contributed by atoms with van der Waals surface area (Å²) in [5.74, 6) is -1.16. The van der Waals surface area contributed by atoms with Crippen LogP contribution in [0.4, 0.5) is 0 Å². The van der Waals surface area contributed by atoms with Gasteiger partial charge in [-0.25, -0.2) is 4.79 Å². The molecule has 0 bridgehead atoms. The average Bonchev–Trinajstić information content (AvgIpc) is 2.26. The van der Waals surface area contributed by atoms with Crippen LogP contribution in [0.25, 0.3) is 0 Å². The lowest BCUT2D eigenvalue weighted by molar-refractivity contribution is 0.0694. The van der Waals surface area contributed by atoms with Crippen molar-refractivity contribution < 1.29 is 14.7 Å². The molecule has 0 radical (unpaired) electrons. The molecule has 1 aromatic rings. The molecule has 4 heteroatoms. The fourth-order valence-electron chi connectivity index (χ4n) is 1.47. The first-order valence-electron chi connectivity index (χ1n) is 4.40. The third kappa shape index (κ3) is 1.86. The Hall–Kier alpha value is -2.15. The Kier molecular flexibility index (Phi) is 3.19. The first kappa shape index (κ1) is 10.9. The minimum atomic E-state index is -1.16. The first-order chi connectivity index (χ1) is 7.15. The second kappa shape index (κ2) is 4.38. The highest BCUT2D eigenvalue weighted by Crippen LogP contribution is 2.18. The van der Waals surface area contributed by atoms with Crippen molar-refractivity contribution in [2.24, 2.45) is 0 Å². The third-order valence-corrected chi connectivity index (χ3v) is 2.18. The molecule has 15 heavy (non-hydrogen) atoms. The van der Waals surface area contributed by atoms with E-state index in [4.69, 9.17) is 10.4 Å². The molecule has 1 rings (SSSR count). The normalized spacial score (nSPS) is 9.33. The van der Waals surface area contributed by atoms with E-state index >= 15 is 0 Å². The average molecular weight is 203 g/mol. The third-order valence-electron chi connectivity index (χ3n) is 2.18. The van der Waals surface area contributed by atoms with Crippen LogP contribution >= 0.6 is 0 Å². The highest BCUT2D eigenvalue weighted by atomic mass is 16.4. The molecule has 0 aliphatic heterocycles. The van der Waals surface area contributed by atoms with Gasteiger partial charge in [-0.3, -0.25) is 4.79 Å². The smallest absolute Gasteiger partial charge is 0.336 e. The maximum Gasteiger partial charge on any atom is 0.336 e. The Bertz CT molecular complexity index is 458. The molecule has 0 aliphatic carbocycles. The van der Waals surface area contributed by atoms with Crippen LogP contribution in [0.1, 0.15) is 38.8 Å². The van der Waals surface area contributed by atoms with Crippen LogP contribution in [-0.2, 0) is 6.42 Å². The van der Waals surface area contributed by atoms with Gasteiger partial charge in [-0.1, -0.05) is 6.92 Å². The molecule has 0 atom stereocenters. The SMILES string of the molecule is CCc1c(C#N)ccc(C(=O)O)c1C=O. The van der Waals surface area contributed by atoms with Crippen molar-refractivity contribution in [3.05, 3.63) is 34.4 Å². The van der Waals surface area contributed by atoms with E-state index in [0.717, 1.165) is 0 Å². The van der Waals surface area contributed by atoms with Crippen LogP contribution in [0.15, 0.2) is 12.1 Å². The highest BCUT2D eigenvalue weighted by Gasteiger charge is 2.15. The number of nitriles is 1. The molecule has 0 aromatic heterocycles. The Morgan fingerprint density at radius 3 is 2.67 bits per heavy atom. The molecule has 0 saturated heterocycles. The Labute approximate surface area is 86.8 Å². The molecular weight excluding hydrogens is 194 g/mol. The summed E-state index contributed by atoms with van der Waals surface area (Å²) in [5.41, 5.74) is 0.891. The highest BCUT2D eigenvalue weighted by molar-refractivity contribution is 5.98. The van der Waals surface area contributed by atoms with Crippen molar-refractivity contribution in [1.29, 1.82) is 5.26 Å². The maximum atomic E-state index is 10.8. The number of aldehydes is 1. The first-order valence-corrected chi connectivity index (χ1v) is 4.40. The molecule has 1 aromatic carbocycles. The van der Waals surface area contributed by atoms with Crippen LogP contribution < -0.4 is 0 Å². The predicted octanol–water partition coefficient (Wildman–Crippen LogP) is 1.63. The van der Waals surface area contributed by atoms with Crippen molar-refractivity contribution in [2.45, 2.75) is 13.3 Å². The molecule has 0 unspecified atom stereocenters. The van der Waals surface area contributed by atoms with E-state index in [-0.39, 0.29) is 11.1 Å². The molecule has 0 heterocycles. The number of carboxylic acid groups (broad SMARTS) is 1. The summed E-state index contributed by atoms with van der Waals surface area (Å²) in [7, 11) is 0. The number of aromatic carboxylic acids is 1. The van der Waals surface area contributed by atoms with Gasteiger partial charge < -0.3 is 5.11 Å². The zero-order chi connectivity index (χ0) is 11.4. The number of nitrogens with zero attached hydrogens (tertiary/aromatic N) is 1. The summed E-state index contributed by atoms with van der Waals surface area (Å²) >= 11 is 0. The summed E-state index contributed by atoms with van der Waals surface area (Å²) < 4.78 is 0. The van der Waals surface area contributed by atoms with Gasteiger partial charge in [0.25, 0.3) is 0 Å². The Balaban J connectivity index is 3.56. The zero-order valence-corrected chi connectivity index (χ0v) is 8.15. The molecule has 4 nitrogen and oxygen atoms in total. The lowest BCUT2D eigenvalue weighted by atomic mass is 9.95. The maximum absolute atomic E-state index is 10.8. The fourth-order valence-corrected chi connectivity index (χ4v) is 1.47. The summed E-state index contributed by atoms with van der Waals surface area (Å²) in [4.78, 5) is 21.6. The number of rotatable bonds is 3. The second-order valence-electron chi connectivity index (χ2n) is 2.94. The lowest BCUT2D eigenvalue weighted by Crippen LogP contribution is -2.06. The summed E-state index contributed by atoms with van der Waals surface area (Å²) in [6, 6.07) is 4.64. The van der Waals surface area contributed by atoms with E-state index in [0.29, 0.717) is 23.8 Å². The van der Waals surface area contributed by atoms with Crippen molar-refractivity contribution in [3.8, 4) is 6.07 Å². The van der Waals surface area contributed by atoms with Gasteiger partial charge in [0, 0.05) is 5.56 Å². The van der Waals surface area contributed by atoms with E-state index in [1.54, 1.807) is 6.92 Å². The van der Waals surface area contributed by atoms with Gasteiger partial charge in [-0.2, -0.15) is 5.26 Å². The molecule has 0 amide bonds. The van der Waals surface area contributed by atoms with Crippen LogP contribution in [0.3, 0.4) is 0 Å². The summed E-state index contributed by atoms with van der Waals surface area (Å²) in [6.07, 6.45) is 0.946. The Morgan fingerprint density at radius 2 is 2.27 bits per heavy atom. The van der Waals surface area contributed by atoms with E-state index in [9.17, 15) is 9.59 Å². The van der Waals surface area contributed by atoms with Gasteiger partial charge in [-0.15, -0.1) is 0 Å². The van der Waals surface area contributed by atoms with E-state index in [2.05, 4.69) is 0 Å². The summed E-state index contributed by atoms with van der Waals surface area (Å²) in [5, 5.41) is 17.6.